The SMILES string of the molecule is c1ccc(OC[C@@H]2CCC[NH+]3CCCC[C@@H]23)nc1. The molecule has 0 bridgehead atoms. The number of fused-ring (bicyclic) bond motifs is 1. The molecule has 2 saturated heterocycles. The van der Waals surface area contributed by atoms with E-state index in [0.717, 1.165) is 24.4 Å². The molecule has 3 atom stereocenters. The number of hydrogen-bond donors (Lipinski definition) is 1. The molecule has 2 fully saturated rings. The molecule has 1 aromatic rings. The Morgan fingerprint density at radius 1 is 1.17 bits per heavy atom. The maximum atomic E-state index is 5.87. The van der Waals surface area contributed by atoms with E-state index in [4.69, 9.17) is 4.74 Å². The van der Waals surface area contributed by atoms with Gasteiger partial charge in [0.1, 0.15) is 0 Å². The Balaban J connectivity index is 1.58. The fraction of sp³-hybridized carbons (Fsp3) is 0.667. The molecule has 0 saturated carbocycles. The number of ether oxygens (including phenoxy) is 1. The highest BCUT2D eigenvalue weighted by Gasteiger charge is 2.36. The third-order valence-corrected chi connectivity index (χ3v) is 4.51. The fourth-order valence-electron chi connectivity index (χ4n) is 3.60. The van der Waals surface area contributed by atoms with Gasteiger partial charge in [-0.15, -0.1) is 0 Å². The van der Waals surface area contributed by atoms with Gasteiger partial charge in [-0.25, -0.2) is 4.98 Å². The van der Waals surface area contributed by atoms with E-state index in [1.54, 1.807) is 6.20 Å². The van der Waals surface area contributed by atoms with Gasteiger partial charge in [0, 0.05) is 18.2 Å². The topological polar surface area (TPSA) is 26.6 Å². The van der Waals surface area contributed by atoms with E-state index < -0.39 is 0 Å². The van der Waals surface area contributed by atoms with Crippen molar-refractivity contribution < 1.29 is 9.64 Å². The molecule has 0 spiro atoms. The third kappa shape index (κ3) is 2.66. The van der Waals surface area contributed by atoms with Crippen LogP contribution in [0.15, 0.2) is 24.4 Å². The predicted octanol–water partition coefficient (Wildman–Crippen LogP) is 1.31. The summed E-state index contributed by atoms with van der Waals surface area (Å²) in [4.78, 5) is 6.07. The maximum absolute atomic E-state index is 5.87. The average Bonchev–Trinajstić information content (AvgIpc) is 2.46. The van der Waals surface area contributed by atoms with Crippen LogP contribution < -0.4 is 9.64 Å². The van der Waals surface area contributed by atoms with E-state index in [9.17, 15) is 0 Å². The first-order valence-corrected chi connectivity index (χ1v) is 7.32. The van der Waals surface area contributed by atoms with Crippen LogP contribution in [-0.4, -0.2) is 30.7 Å². The largest absolute Gasteiger partial charge is 0.477 e. The molecule has 98 valence electrons. The third-order valence-electron chi connectivity index (χ3n) is 4.51. The summed E-state index contributed by atoms with van der Waals surface area (Å²) in [6, 6.07) is 6.71. The van der Waals surface area contributed by atoms with Crippen LogP contribution in [0.2, 0.25) is 0 Å². The molecule has 0 amide bonds. The van der Waals surface area contributed by atoms with Crippen LogP contribution in [0.3, 0.4) is 0 Å². The molecule has 0 aromatic carbocycles. The first-order chi connectivity index (χ1) is 8.93. The lowest BCUT2D eigenvalue weighted by atomic mass is 9.84. The summed E-state index contributed by atoms with van der Waals surface area (Å²) in [6.07, 6.45) is 8.72. The Morgan fingerprint density at radius 2 is 2.11 bits per heavy atom. The van der Waals surface area contributed by atoms with Crippen LogP contribution in [0.25, 0.3) is 0 Å². The average molecular weight is 247 g/mol. The van der Waals surface area contributed by atoms with Crippen molar-refractivity contribution >= 4 is 0 Å². The zero-order chi connectivity index (χ0) is 12.2. The molecular weight excluding hydrogens is 224 g/mol. The van der Waals surface area contributed by atoms with Gasteiger partial charge in [-0.05, 0) is 38.2 Å². The van der Waals surface area contributed by atoms with E-state index in [1.165, 1.54) is 45.2 Å². The van der Waals surface area contributed by atoms with Gasteiger partial charge in [0.15, 0.2) is 0 Å². The number of rotatable bonds is 3. The Morgan fingerprint density at radius 3 is 3.00 bits per heavy atom. The van der Waals surface area contributed by atoms with E-state index >= 15 is 0 Å². The number of hydrogen-bond acceptors (Lipinski definition) is 2. The molecule has 18 heavy (non-hydrogen) atoms. The first-order valence-electron chi connectivity index (χ1n) is 7.32. The highest BCUT2D eigenvalue weighted by Crippen LogP contribution is 2.21. The van der Waals surface area contributed by atoms with Gasteiger partial charge >= 0.3 is 0 Å². The minimum atomic E-state index is 0.732. The molecule has 2 aliphatic heterocycles. The van der Waals surface area contributed by atoms with Crippen LogP contribution >= 0.6 is 0 Å². The van der Waals surface area contributed by atoms with Crippen LogP contribution in [0, 0.1) is 5.92 Å². The van der Waals surface area contributed by atoms with E-state index in [0.29, 0.717) is 0 Å². The summed E-state index contributed by atoms with van der Waals surface area (Å²) in [5.41, 5.74) is 0. The zero-order valence-electron chi connectivity index (χ0n) is 11.0. The van der Waals surface area contributed by atoms with Crippen molar-refractivity contribution in [1.29, 1.82) is 0 Å². The molecule has 3 rings (SSSR count). The minimum Gasteiger partial charge on any atom is -0.477 e. The lowest BCUT2D eigenvalue weighted by molar-refractivity contribution is -0.940. The van der Waals surface area contributed by atoms with E-state index in [1.807, 2.05) is 23.1 Å². The summed E-state index contributed by atoms with van der Waals surface area (Å²) in [7, 11) is 0. The van der Waals surface area contributed by atoms with Crippen molar-refractivity contribution in [3.63, 3.8) is 0 Å². The van der Waals surface area contributed by atoms with Gasteiger partial charge in [0.2, 0.25) is 5.88 Å². The van der Waals surface area contributed by atoms with Crippen molar-refractivity contribution in [1.82, 2.24) is 4.98 Å². The number of nitrogens with one attached hydrogen (secondary N) is 1. The standard InChI is InChI=1S/C15H22N2O/c1-3-9-16-15(8-1)18-12-13-6-5-11-17-10-4-2-7-14(13)17/h1,3,8-9,13-14H,2,4-7,10-12H2/p+1/t13-,14-/m0/s1. The van der Waals surface area contributed by atoms with Gasteiger partial charge in [-0.2, -0.15) is 0 Å². The lowest BCUT2D eigenvalue weighted by Crippen LogP contribution is -3.18. The number of quaternary nitrogens is 1. The number of aromatic nitrogens is 1. The van der Waals surface area contributed by atoms with Gasteiger partial charge in [0.25, 0.3) is 0 Å². The highest BCUT2D eigenvalue weighted by molar-refractivity contribution is 5.09. The first kappa shape index (κ1) is 12.0. The summed E-state index contributed by atoms with van der Waals surface area (Å²) >= 11 is 0. The second kappa shape index (κ2) is 5.70. The Hall–Kier alpha value is -1.09. The van der Waals surface area contributed by atoms with Gasteiger partial charge in [0.05, 0.1) is 25.7 Å². The number of piperidine rings is 2. The molecule has 0 aliphatic carbocycles. The predicted molar refractivity (Wildman–Crippen MR) is 70.8 cm³/mol. The van der Waals surface area contributed by atoms with Crippen molar-refractivity contribution in [3.05, 3.63) is 24.4 Å². The monoisotopic (exact) mass is 247 g/mol. The highest BCUT2D eigenvalue weighted by atomic mass is 16.5. The number of nitrogens with zero attached hydrogens (tertiary/aromatic N) is 1. The summed E-state index contributed by atoms with van der Waals surface area (Å²) in [6.45, 7) is 3.61. The summed E-state index contributed by atoms with van der Waals surface area (Å²) < 4.78 is 5.87. The molecule has 0 radical (unpaired) electrons. The number of pyridine rings is 1. The van der Waals surface area contributed by atoms with Crippen molar-refractivity contribution in [2.75, 3.05) is 19.7 Å². The summed E-state index contributed by atoms with van der Waals surface area (Å²) in [5, 5.41) is 0. The van der Waals surface area contributed by atoms with Gasteiger partial charge < -0.3 is 9.64 Å². The molecule has 3 heteroatoms. The van der Waals surface area contributed by atoms with Crippen LogP contribution in [0.1, 0.15) is 32.1 Å². The molecule has 1 unspecified atom stereocenters. The van der Waals surface area contributed by atoms with Gasteiger partial charge in [-0.1, -0.05) is 6.07 Å². The Labute approximate surface area is 109 Å². The van der Waals surface area contributed by atoms with Crippen LogP contribution in [0.5, 0.6) is 5.88 Å². The molecule has 1 aromatic heterocycles. The molecule has 2 aliphatic rings. The second-order valence-corrected chi connectivity index (χ2v) is 5.64. The molecule has 3 heterocycles. The normalized spacial score (nSPS) is 31.7. The zero-order valence-corrected chi connectivity index (χ0v) is 11.0. The summed E-state index contributed by atoms with van der Waals surface area (Å²) in [5.74, 6) is 1.51. The Kier molecular flexibility index (Phi) is 3.79. The minimum absolute atomic E-state index is 0.732. The molecule has 3 nitrogen and oxygen atoms in total. The smallest absolute Gasteiger partial charge is 0.213 e. The molecule has 1 N–H and O–H groups in total. The van der Waals surface area contributed by atoms with Gasteiger partial charge in [-0.3, -0.25) is 0 Å². The van der Waals surface area contributed by atoms with Crippen LogP contribution in [-0.2, 0) is 0 Å². The fourth-order valence-corrected chi connectivity index (χ4v) is 3.60. The quantitative estimate of drug-likeness (QED) is 0.871. The maximum Gasteiger partial charge on any atom is 0.213 e. The van der Waals surface area contributed by atoms with Crippen molar-refractivity contribution in [2.45, 2.75) is 38.1 Å². The lowest BCUT2D eigenvalue weighted by Gasteiger charge is -2.41. The second-order valence-electron chi connectivity index (χ2n) is 5.64. The van der Waals surface area contributed by atoms with Crippen molar-refractivity contribution in [3.8, 4) is 5.88 Å². The van der Waals surface area contributed by atoms with Crippen molar-refractivity contribution in [2.24, 2.45) is 5.92 Å². The Bertz CT molecular complexity index is 366. The van der Waals surface area contributed by atoms with Crippen LogP contribution in [0.4, 0.5) is 0 Å². The van der Waals surface area contributed by atoms with E-state index in [2.05, 4.69) is 4.98 Å². The molecular formula is C15H23N2O+. The van der Waals surface area contributed by atoms with E-state index in [-0.39, 0.29) is 0 Å².